The van der Waals surface area contributed by atoms with E-state index in [-0.39, 0.29) is 61.9 Å². The highest BCUT2D eigenvalue weighted by molar-refractivity contribution is 8.00. The van der Waals surface area contributed by atoms with Crippen molar-refractivity contribution in [3.8, 4) is 5.75 Å². The van der Waals surface area contributed by atoms with Crippen LogP contribution in [0.15, 0.2) is 54.6 Å². The van der Waals surface area contributed by atoms with E-state index in [2.05, 4.69) is 42.5 Å². The Morgan fingerprint density at radius 3 is 2.10 bits per heavy atom. The van der Waals surface area contributed by atoms with E-state index in [0.29, 0.717) is 68.8 Å². The Labute approximate surface area is 417 Å². The lowest BCUT2D eigenvalue weighted by Crippen LogP contribution is -2.56. The molecule has 10 amide bonds. The minimum absolute atomic E-state index is 0.0330. The summed E-state index contributed by atoms with van der Waals surface area (Å²) in [7, 11) is 0. The second kappa shape index (κ2) is 31.0. The molecule has 23 heteroatoms. The van der Waals surface area contributed by atoms with Crippen LogP contribution in [0.25, 0.3) is 0 Å². The Bertz CT molecular complexity index is 2090. The van der Waals surface area contributed by atoms with Crippen LogP contribution < -0.4 is 59.5 Å². The molecule has 15 N–H and O–H groups in total. The molecule has 2 aliphatic heterocycles. The molecule has 22 nitrogen and oxygen atoms in total. The van der Waals surface area contributed by atoms with E-state index in [1.54, 1.807) is 17.6 Å². The van der Waals surface area contributed by atoms with E-state index < -0.39 is 78.5 Å². The number of urea groups is 1. The topological polar surface area (TPSA) is 354 Å². The third-order valence-electron chi connectivity index (χ3n) is 12.2. The average Bonchev–Trinajstić information content (AvgIpc) is 3.92. The third kappa shape index (κ3) is 21.2. The quantitative estimate of drug-likeness (QED) is 0.0191. The average molecular weight is 1010 g/mol. The zero-order valence-electron chi connectivity index (χ0n) is 40.0. The number of hydroxylamine groups is 1. The molecule has 2 aromatic carbocycles. The fourth-order valence-corrected chi connectivity index (χ4v) is 9.86. The summed E-state index contributed by atoms with van der Waals surface area (Å²) in [5.41, 5.74) is 14.4. The fourth-order valence-electron chi connectivity index (χ4n) is 8.32. The number of benzene rings is 2. The number of hydrogen-bond acceptors (Lipinski definition) is 13. The van der Waals surface area contributed by atoms with Gasteiger partial charge in [-0.2, -0.15) is 11.8 Å². The highest BCUT2D eigenvalue weighted by Gasteiger charge is 2.42. The molecule has 390 valence electrons. The number of phenolic OH excluding ortho intramolecular Hbond substituents is 1. The maximum atomic E-state index is 13.9. The van der Waals surface area contributed by atoms with E-state index in [9.17, 15) is 53.5 Å². The lowest BCUT2D eigenvalue weighted by atomic mass is 9.94. The Morgan fingerprint density at radius 1 is 0.676 bits per heavy atom. The first kappa shape index (κ1) is 57.1. The van der Waals surface area contributed by atoms with Gasteiger partial charge in [-0.25, -0.2) is 10.3 Å². The minimum Gasteiger partial charge on any atom is -0.508 e. The molecule has 7 atom stereocenters. The predicted molar refractivity (Wildman–Crippen MR) is 264 cm³/mol. The van der Waals surface area contributed by atoms with Crippen LogP contribution in [-0.4, -0.2) is 131 Å². The molecule has 71 heavy (non-hydrogen) atoms. The summed E-state index contributed by atoms with van der Waals surface area (Å²) in [6.45, 7) is -0.469. The van der Waals surface area contributed by atoms with Crippen molar-refractivity contribution >= 4 is 65.1 Å². The van der Waals surface area contributed by atoms with Gasteiger partial charge in [0.25, 0.3) is 0 Å². The number of carbonyl (C=O) groups is 9. The standard InChI is InChI=1S/C48H71N11O11S/c49-23-8-6-16-35(55-45(66)32(26-40(62)59-70)14-10-13-30-11-2-1-3-12-30)47(68)56-36(25-31-19-21-33(60)22-20-31)46(67)53-27-41(63)52-28-42(64)54-34(44(50)65)15-7-9-24-51-39(61)18-5-4-17-38-43-37(29-71-38)57-48(69)58-43/h1-3,11-12,19-22,32,34-38,43,60,70H,4-10,13-18,23-29,49H2,(H2,50,65)(H,51,61)(H,52,63)(H,53,67)(H,54,64)(H,55,66)(H,56,68)(H,59,62)(H2,57,58,69)/t32?,34-,35-,36-,37-,38-,43-/m0/s1. The van der Waals surface area contributed by atoms with E-state index >= 15 is 0 Å². The maximum absolute atomic E-state index is 13.9. The summed E-state index contributed by atoms with van der Waals surface area (Å²) < 4.78 is 0. The van der Waals surface area contributed by atoms with Crippen molar-refractivity contribution in [3.05, 3.63) is 65.7 Å². The molecule has 2 aliphatic rings. The first-order valence-electron chi connectivity index (χ1n) is 24.3. The van der Waals surface area contributed by atoms with Crippen LogP contribution in [0, 0.1) is 5.92 Å². The molecule has 1 unspecified atom stereocenters. The van der Waals surface area contributed by atoms with Gasteiger partial charge in [-0.05, 0) is 100 Å². The van der Waals surface area contributed by atoms with Crippen LogP contribution in [0.3, 0.4) is 0 Å². The molecule has 0 radical (unpaired) electrons. The first-order chi connectivity index (χ1) is 34.1. The number of carbonyl (C=O) groups excluding carboxylic acids is 9. The zero-order chi connectivity index (χ0) is 51.5. The number of aryl methyl sites for hydroxylation is 1. The summed E-state index contributed by atoms with van der Waals surface area (Å²) in [6, 6.07) is 12.1. The Balaban J connectivity index is 1.23. The minimum atomic E-state index is -1.29. The van der Waals surface area contributed by atoms with Crippen molar-refractivity contribution in [1.82, 2.24) is 48.0 Å². The van der Waals surface area contributed by atoms with Gasteiger partial charge < -0.3 is 59.1 Å². The summed E-state index contributed by atoms with van der Waals surface area (Å²) >= 11 is 1.83. The van der Waals surface area contributed by atoms with Gasteiger partial charge in [0.05, 0.1) is 25.2 Å². The van der Waals surface area contributed by atoms with E-state index in [1.165, 1.54) is 12.1 Å². The van der Waals surface area contributed by atoms with Gasteiger partial charge in [0.2, 0.25) is 47.3 Å². The van der Waals surface area contributed by atoms with Gasteiger partial charge >= 0.3 is 6.03 Å². The van der Waals surface area contributed by atoms with Crippen LogP contribution >= 0.6 is 11.8 Å². The van der Waals surface area contributed by atoms with Crippen molar-refractivity contribution in [2.75, 3.05) is 31.9 Å². The molecule has 2 saturated heterocycles. The van der Waals surface area contributed by atoms with Crippen molar-refractivity contribution in [2.24, 2.45) is 17.4 Å². The molecule has 0 aromatic heterocycles. The normalized spacial score (nSPS) is 17.4. The fraction of sp³-hybridized carbons (Fsp3) is 0.562. The van der Waals surface area contributed by atoms with Crippen LogP contribution in [0.1, 0.15) is 94.6 Å². The summed E-state index contributed by atoms with van der Waals surface area (Å²) in [6.07, 6.45) is 6.09. The van der Waals surface area contributed by atoms with Gasteiger partial charge in [-0.15, -0.1) is 0 Å². The number of unbranched alkanes of at least 4 members (excludes halogenated alkanes) is 3. The number of aromatic hydroxyl groups is 1. The van der Waals surface area contributed by atoms with Crippen LogP contribution in [0.4, 0.5) is 4.79 Å². The number of nitrogens with two attached hydrogens (primary N) is 2. The molecule has 0 saturated carbocycles. The number of rotatable bonds is 33. The predicted octanol–water partition coefficient (Wildman–Crippen LogP) is -0.217. The van der Waals surface area contributed by atoms with Gasteiger partial charge in [0.15, 0.2) is 0 Å². The number of hydrogen-bond donors (Lipinski definition) is 13. The molecule has 0 bridgehead atoms. The second-order valence-electron chi connectivity index (χ2n) is 17.8. The highest BCUT2D eigenvalue weighted by Crippen LogP contribution is 2.33. The number of fused-ring (bicyclic) bond motifs is 1. The molecule has 2 heterocycles. The van der Waals surface area contributed by atoms with Crippen LogP contribution in [0.5, 0.6) is 5.75 Å². The van der Waals surface area contributed by atoms with E-state index in [1.807, 2.05) is 42.1 Å². The van der Waals surface area contributed by atoms with Crippen molar-refractivity contribution < 1.29 is 53.5 Å². The number of nitrogens with one attached hydrogen (secondary N) is 9. The lowest BCUT2D eigenvalue weighted by molar-refractivity contribution is -0.137. The van der Waals surface area contributed by atoms with E-state index in [0.717, 1.165) is 30.6 Å². The SMILES string of the molecule is NCCCC[C@H](NC(=O)C(CCCc1ccccc1)CC(=O)NO)C(=O)N[C@@H](Cc1ccc(O)cc1)C(=O)NCC(=O)NCC(=O)N[C@@H](CCCCNC(=O)CCCC[C@@H]1SC[C@@H]2NC(=O)N[C@@H]21)C(N)=O. The molecule has 0 spiro atoms. The molecular weight excluding hydrogens is 939 g/mol. The zero-order valence-corrected chi connectivity index (χ0v) is 40.8. The molecule has 2 aromatic rings. The Kier molecular flexibility index (Phi) is 24.9. The molecular formula is C48H71N11O11S. The second-order valence-corrected chi connectivity index (χ2v) is 19.1. The van der Waals surface area contributed by atoms with Crippen molar-refractivity contribution in [1.29, 1.82) is 0 Å². The summed E-state index contributed by atoms with van der Waals surface area (Å²) in [5, 5.41) is 40.9. The lowest BCUT2D eigenvalue weighted by Gasteiger charge is -2.25. The first-order valence-corrected chi connectivity index (χ1v) is 25.3. The number of phenols is 1. The van der Waals surface area contributed by atoms with Crippen molar-refractivity contribution in [3.63, 3.8) is 0 Å². The van der Waals surface area contributed by atoms with Gasteiger partial charge in [0.1, 0.15) is 23.9 Å². The van der Waals surface area contributed by atoms with Gasteiger partial charge in [-0.3, -0.25) is 43.6 Å². The van der Waals surface area contributed by atoms with E-state index in [4.69, 9.17) is 11.5 Å². The highest BCUT2D eigenvalue weighted by atomic mass is 32.2. The largest absolute Gasteiger partial charge is 0.508 e. The Hall–Kier alpha value is -6.46. The number of amides is 10. The summed E-state index contributed by atoms with van der Waals surface area (Å²) in [4.78, 5) is 115. The monoisotopic (exact) mass is 1010 g/mol. The van der Waals surface area contributed by atoms with Crippen molar-refractivity contribution in [2.45, 2.75) is 132 Å². The number of primary amides is 1. The summed E-state index contributed by atoms with van der Waals surface area (Å²) in [5.74, 6) is -5.29. The molecule has 0 aliphatic carbocycles. The van der Waals surface area contributed by atoms with Gasteiger partial charge in [-0.1, -0.05) is 48.9 Å². The van der Waals surface area contributed by atoms with Crippen LogP contribution in [0.2, 0.25) is 0 Å². The Morgan fingerprint density at radius 2 is 1.38 bits per heavy atom. The van der Waals surface area contributed by atoms with Crippen LogP contribution in [-0.2, 0) is 51.2 Å². The molecule has 2 fully saturated rings. The van der Waals surface area contributed by atoms with Gasteiger partial charge in [0, 0.05) is 42.7 Å². The molecule has 4 rings (SSSR count). The smallest absolute Gasteiger partial charge is 0.315 e. The maximum Gasteiger partial charge on any atom is 0.315 e. The third-order valence-corrected chi connectivity index (χ3v) is 13.8. The number of thioether (sulfide) groups is 1.